The van der Waals surface area contributed by atoms with Gasteiger partial charge in [0.25, 0.3) is 0 Å². The van der Waals surface area contributed by atoms with Crippen molar-refractivity contribution >= 4 is 5.69 Å². The monoisotopic (exact) mass is 234 g/mol. The number of nitrogen functional groups attached to an aromatic ring is 1. The van der Waals surface area contributed by atoms with Crippen LogP contribution in [0.3, 0.4) is 0 Å². The molecule has 3 nitrogen and oxygen atoms in total. The molecule has 0 spiro atoms. The molecule has 0 unspecified atom stereocenters. The molecule has 0 bridgehead atoms. The summed E-state index contributed by atoms with van der Waals surface area (Å²) in [6, 6.07) is 7.57. The lowest BCUT2D eigenvalue weighted by Gasteiger charge is -2.30. The summed E-state index contributed by atoms with van der Waals surface area (Å²) in [5.74, 6) is 1.83. The van der Waals surface area contributed by atoms with Gasteiger partial charge >= 0.3 is 0 Å². The molecule has 0 aromatic heterocycles. The Hall–Kier alpha value is -1.22. The number of likely N-dealkylation sites (N-methyl/N-ethyl adjacent to an activating group) is 1. The van der Waals surface area contributed by atoms with E-state index in [4.69, 9.17) is 10.5 Å². The van der Waals surface area contributed by atoms with E-state index in [1.807, 2.05) is 24.3 Å². The minimum atomic E-state index is 0.743. The smallest absolute Gasteiger partial charge is 0.119 e. The minimum Gasteiger partial charge on any atom is -0.492 e. The topological polar surface area (TPSA) is 38.5 Å². The Morgan fingerprint density at radius 2 is 2.00 bits per heavy atom. The van der Waals surface area contributed by atoms with E-state index in [0.717, 1.165) is 30.5 Å². The predicted molar refractivity (Wildman–Crippen MR) is 71.2 cm³/mol. The Kier molecular flexibility index (Phi) is 4.26. The number of ether oxygens (including phenoxy) is 1. The van der Waals surface area contributed by atoms with Gasteiger partial charge in [0.15, 0.2) is 0 Å². The van der Waals surface area contributed by atoms with Gasteiger partial charge in [0.2, 0.25) is 0 Å². The molecular weight excluding hydrogens is 212 g/mol. The van der Waals surface area contributed by atoms with Gasteiger partial charge < -0.3 is 15.4 Å². The number of nitrogens with two attached hydrogens (primary N) is 1. The molecule has 0 saturated heterocycles. The van der Waals surface area contributed by atoms with Crippen LogP contribution in [0.1, 0.15) is 19.3 Å². The molecule has 94 valence electrons. The second-order valence-corrected chi connectivity index (χ2v) is 4.98. The Morgan fingerprint density at radius 1 is 1.29 bits per heavy atom. The van der Waals surface area contributed by atoms with Gasteiger partial charge in [-0.25, -0.2) is 0 Å². The van der Waals surface area contributed by atoms with Crippen molar-refractivity contribution in [2.24, 2.45) is 5.92 Å². The summed E-state index contributed by atoms with van der Waals surface area (Å²) in [4.78, 5) is 2.36. The van der Waals surface area contributed by atoms with E-state index in [1.165, 1.54) is 25.8 Å². The van der Waals surface area contributed by atoms with Crippen molar-refractivity contribution in [3.05, 3.63) is 24.3 Å². The maximum atomic E-state index is 5.67. The van der Waals surface area contributed by atoms with Gasteiger partial charge in [-0.05, 0) is 50.1 Å². The van der Waals surface area contributed by atoms with E-state index in [1.54, 1.807) is 0 Å². The number of hydrogen-bond acceptors (Lipinski definition) is 3. The molecular formula is C14H22N2O. The van der Waals surface area contributed by atoms with Crippen molar-refractivity contribution in [1.29, 1.82) is 0 Å². The predicted octanol–water partition coefficient (Wildman–Crippen LogP) is 2.38. The lowest BCUT2D eigenvalue weighted by atomic mass is 9.85. The summed E-state index contributed by atoms with van der Waals surface area (Å²) < 4.78 is 5.67. The van der Waals surface area contributed by atoms with Crippen LogP contribution in [0.2, 0.25) is 0 Å². The highest BCUT2D eigenvalue weighted by Crippen LogP contribution is 2.26. The number of anilines is 1. The zero-order valence-electron chi connectivity index (χ0n) is 10.6. The minimum absolute atomic E-state index is 0.743. The van der Waals surface area contributed by atoms with Gasteiger partial charge in [0.05, 0.1) is 0 Å². The van der Waals surface area contributed by atoms with Crippen LogP contribution in [0.15, 0.2) is 24.3 Å². The molecule has 1 fully saturated rings. The zero-order valence-corrected chi connectivity index (χ0v) is 10.6. The first-order valence-electron chi connectivity index (χ1n) is 6.41. The second kappa shape index (κ2) is 5.92. The SMILES string of the molecule is CN(CCOc1ccc(N)cc1)CC1CCC1. The highest BCUT2D eigenvalue weighted by Gasteiger charge is 2.18. The number of rotatable bonds is 6. The third-order valence-corrected chi connectivity index (χ3v) is 3.42. The van der Waals surface area contributed by atoms with Crippen LogP contribution in [0.25, 0.3) is 0 Å². The van der Waals surface area contributed by atoms with Crippen molar-refractivity contribution in [3.8, 4) is 5.75 Å². The third-order valence-electron chi connectivity index (χ3n) is 3.42. The normalized spacial score (nSPS) is 15.9. The van der Waals surface area contributed by atoms with Crippen LogP contribution in [-0.2, 0) is 0 Å². The molecule has 1 aromatic rings. The quantitative estimate of drug-likeness (QED) is 0.768. The summed E-state index contributed by atoms with van der Waals surface area (Å²) in [6.45, 7) is 2.94. The van der Waals surface area contributed by atoms with Gasteiger partial charge in [-0.1, -0.05) is 6.42 Å². The fraction of sp³-hybridized carbons (Fsp3) is 0.571. The van der Waals surface area contributed by atoms with Crippen LogP contribution >= 0.6 is 0 Å². The standard InChI is InChI=1S/C14H22N2O/c1-16(11-12-3-2-4-12)9-10-17-14-7-5-13(15)6-8-14/h5-8,12H,2-4,9-11,15H2,1H3. The molecule has 1 aliphatic carbocycles. The molecule has 1 aliphatic rings. The average Bonchev–Trinajstić information content (AvgIpc) is 2.26. The number of hydrogen-bond donors (Lipinski definition) is 1. The lowest BCUT2D eigenvalue weighted by molar-refractivity contribution is 0.177. The number of nitrogens with zero attached hydrogens (tertiary/aromatic N) is 1. The second-order valence-electron chi connectivity index (χ2n) is 4.98. The van der Waals surface area contributed by atoms with Gasteiger partial charge in [0, 0.05) is 18.8 Å². The average molecular weight is 234 g/mol. The molecule has 0 radical (unpaired) electrons. The fourth-order valence-corrected chi connectivity index (χ4v) is 2.09. The first kappa shape index (κ1) is 12.2. The highest BCUT2D eigenvalue weighted by atomic mass is 16.5. The van der Waals surface area contributed by atoms with E-state index in [-0.39, 0.29) is 0 Å². The molecule has 0 amide bonds. The van der Waals surface area contributed by atoms with Crippen LogP contribution in [0, 0.1) is 5.92 Å². The number of benzene rings is 1. The van der Waals surface area contributed by atoms with Crippen LogP contribution in [-0.4, -0.2) is 31.6 Å². The van der Waals surface area contributed by atoms with Crippen molar-refractivity contribution < 1.29 is 4.74 Å². The summed E-state index contributed by atoms with van der Waals surface area (Å²) in [5.41, 5.74) is 6.39. The molecule has 0 aliphatic heterocycles. The molecule has 2 N–H and O–H groups in total. The Bertz CT molecular complexity index is 333. The lowest BCUT2D eigenvalue weighted by Crippen LogP contribution is -2.32. The highest BCUT2D eigenvalue weighted by molar-refractivity contribution is 5.41. The van der Waals surface area contributed by atoms with E-state index in [9.17, 15) is 0 Å². The van der Waals surface area contributed by atoms with Crippen molar-refractivity contribution in [1.82, 2.24) is 4.90 Å². The van der Waals surface area contributed by atoms with Gasteiger partial charge in [-0.2, -0.15) is 0 Å². The van der Waals surface area contributed by atoms with Crippen molar-refractivity contribution in [3.63, 3.8) is 0 Å². The zero-order chi connectivity index (χ0) is 12.1. The van der Waals surface area contributed by atoms with Crippen molar-refractivity contribution in [2.45, 2.75) is 19.3 Å². The Balaban J connectivity index is 1.62. The van der Waals surface area contributed by atoms with Gasteiger partial charge in [-0.3, -0.25) is 0 Å². The van der Waals surface area contributed by atoms with Gasteiger partial charge in [0.1, 0.15) is 12.4 Å². The summed E-state index contributed by atoms with van der Waals surface area (Å²) in [7, 11) is 2.17. The van der Waals surface area contributed by atoms with Crippen molar-refractivity contribution in [2.75, 3.05) is 32.5 Å². The van der Waals surface area contributed by atoms with E-state index in [2.05, 4.69) is 11.9 Å². The fourth-order valence-electron chi connectivity index (χ4n) is 2.09. The molecule has 1 saturated carbocycles. The van der Waals surface area contributed by atoms with Crippen LogP contribution < -0.4 is 10.5 Å². The largest absolute Gasteiger partial charge is 0.492 e. The molecule has 17 heavy (non-hydrogen) atoms. The maximum Gasteiger partial charge on any atom is 0.119 e. The molecule has 3 heteroatoms. The summed E-state index contributed by atoms with van der Waals surface area (Å²) >= 11 is 0. The van der Waals surface area contributed by atoms with E-state index < -0.39 is 0 Å². The molecule has 1 aromatic carbocycles. The first-order valence-corrected chi connectivity index (χ1v) is 6.41. The maximum absolute atomic E-state index is 5.67. The summed E-state index contributed by atoms with van der Waals surface area (Å²) in [6.07, 6.45) is 4.23. The Morgan fingerprint density at radius 3 is 2.59 bits per heavy atom. The summed E-state index contributed by atoms with van der Waals surface area (Å²) in [5, 5.41) is 0. The molecule has 2 rings (SSSR count). The van der Waals surface area contributed by atoms with E-state index in [0.29, 0.717) is 0 Å². The van der Waals surface area contributed by atoms with Crippen LogP contribution in [0.4, 0.5) is 5.69 Å². The van der Waals surface area contributed by atoms with E-state index >= 15 is 0 Å². The Labute approximate surface area is 104 Å². The van der Waals surface area contributed by atoms with Crippen LogP contribution in [0.5, 0.6) is 5.75 Å². The third kappa shape index (κ3) is 3.93. The molecule has 0 atom stereocenters. The molecule has 0 heterocycles. The van der Waals surface area contributed by atoms with Gasteiger partial charge in [-0.15, -0.1) is 0 Å². The first-order chi connectivity index (χ1) is 8.24.